The van der Waals surface area contributed by atoms with Gasteiger partial charge >= 0.3 is 0 Å². The van der Waals surface area contributed by atoms with E-state index < -0.39 is 0 Å². The molecule has 0 saturated heterocycles. The number of pyridine rings is 2. The normalized spacial score (nSPS) is 18.0. The van der Waals surface area contributed by atoms with Crippen LogP contribution < -0.4 is 4.57 Å². The molecule has 166 valence electrons. The molecule has 0 unspecified atom stereocenters. The highest BCUT2D eigenvalue weighted by molar-refractivity contribution is 6.12. The van der Waals surface area contributed by atoms with Crippen molar-refractivity contribution in [2.75, 3.05) is 0 Å². The van der Waals surface area contributed by atoms with E-state index >= 15 is 0 Å². The number of benzene rings is 2. The first-order valence-corrected chi connectivity index (χ1v) is 12.9. The Morgan fingerprint density at radius 2 is 1.67 bits per heavy atom. The van der Waals surface area contributed by atoms with E-state index in [0.29, 0.717) is 5.92 Å². The second kappa shape index (κ2) is 7.28. The second-order valence-electron chi connectivity index (χ2n) is 10.5. The van der Waals surface area contributed by atoms with Gasteiger partial charge in [-0.3, -0.25) is 4.98 Å². The van der Waals surface area contributed by atoms with Crippen LogP contribution in [-0.4, -0.2) is 9.38 Å². The van der Waals surface area contributed by atoms with E-state index in [1.165, 1.54) is 101 Å². The third-order valence-corrected chi connectivity index (χ3v) is 8.68. The summed E-state index contributed by atoms with van der Waals surface area (Å²) in [4.78, 5) is 4.95. The Balaban J connectivity index is 1.71. The lowest BCUT2D eigenvalue weighted by Gasteiger charge is -2.14. The van der Waals surface area contributed by atoms with Crippen molar-refractivity contribution in [3.8, 4) is 0 Å². The highest BCUT2D eigenvalue weighted by Gasteiger charge is 2.30. The van der Waals surface area contributed by atoms with E-state index in [2.05, 4.69) is 65.4 Å². The molecule has 2 saturated carbocycles. The first kappa shape index (κ1) is 19.5. The molecule has 0 atom stereocenters. The van der Waals surface area contributed by atoms with Gasteiger partial charge in [-0.05, 0) is 79.8 Å². The Morgan fingerprint density at radius 3 is 2.45 bits per heavy atom. The highest BCUT2D eigenvalue weighted by Crippen LogP contribution is 2.41. The fourth-order valence-electron chi connectivity index (χ4n) is 7.01. The molecule has 2 aliphatic rings. The van der Waals surface area contributed by atoms with Crippen LogP contribution in [0.5, 0.6) is 0 Å². The molecular formula is C30H32N3+. The smallest absolute Gasteiger partial charge is 0.255 e. The number of aryl methyl sites for hydroxylation is 2. The molecular weight excluding hydrogens is 402 g/mol. The van der Waals surface area contributed by atoms with Gasteiger partial charge in [-0.25, -0.2) is 4.57 Å². The van der Waals surface area contributed by atoms with E-state index in [4.69, 9.17) is 4.98 Å². The van der Waals surface area contributed by atoms with Crippen molar-refractivity contribution in [3.63, 3.8) is 0 Å². The molecule has 0 radical (unpaired) electrons. The van der Waals surface area contributed by atoms with Crippen LogP contribution in [0.2, 0.25) is 0 Å². The van der Waals surface area contributed by atoms with Crippen LogP contribution in [0, 0.1) is 6.92 Å². The topological polar surface area (TPSA) is 21.2 Å². The van der Waals surface area contributed by atoms with Gasteiger partial charge in [0.25, 0.3) is 5.65 Å². The minimum atomic E-state index is 0.653. The summed E-state index contributed by atoms with van der Waals surface area (Å²) in [6, 6.07) is 16.4. The minimum Gasteiger partial charge on any atom is -0.255 e. The number of aromatic nitrogens is 3. The fraction of sp³-hybridized carbons (Fsp3) is 0.400. The van der Waals surface area contributed by atoms with Gasteiger partial charge in [0.1, 0.15) is 5.52 Å². The average molecular weight is 435 g/mol. The number of imidazole rings is 1. The summed E-state index contributed by atoms with van der Waals surface area (Å²) in [5.74, 6) is 1.37. The van der Waals surface area contributed by atoms with Gasteiger partial charge in [0, 0.05) is 17.1 Å². The molecule has 5 aromatic rings. The van der Waals surface area contributed by atoms with E-state index in [9.17, 15) is 0 Å². The first-order valence-electron chi connectivity index (χ1n) is 12.9. The van der Waals surface area contributed by atoms with E-state index in [0.717, 1.165) is 11.4 Å². The zero-order chi connectivity index (χ0) is 22.1. The number of para-hydroxylation sites is 1. The van der Waals surface area contributed by atoms with Gasteiger partial charge in [-0.1, -0.05) is 43.9 Å². The van der Waals surface area contributed by atoms with Crippen molar-refractivity contribution in [1.82, 2.24) is 9.38 Å². The largest absolute Gasteiger partial charge is 0.297 e. The van der Waals surface area contributed by atoms with Crippen molar-refractivity contribution >= 4 is 38.5 Å². The molecule has 3 heteroatoms. The molecule has 2 fully saturated rings. The van der Waals surface area contributed by atoms with Crippen LogP contribution in [0.1, 0.15) is 79.9 Å². The predicted octanol–water partition coefficient (Wildman–Crippen LogP) is 7.24. The Hall–Kier alpha value is -2.94. The molecule has 0 aliphatic heterocycles. The van der Waals surface area contributed by atoms with Crippen molar-refractivity contribution in [3.05, 3.63) is 65.4 Å². The monoisotopic (exact) mass is 434 g/mol. The summed E-state index contributed by atoms with van der Waals surface area (Å²) in [5, 5.41) is 2.59. The summed E-state index contributed by atoms with van der Waals surface area (Å²) in [5.41, 5.74) is 10.8. The number of fused-ring (bicyclic) bond motifs is 8. The van der Waals surface area contributed by atoms with Crippen molar-refractivity contribution in [2.45, 2.75) is 70.1 Å². The average Bonchev–Trinajstić information content (AvgIpc) is 3.61. The third kappa shape index (κ3) is 2.74. The summed E-state index contributed by atoms with van der Waals surface area (Å²) < 4.78 is 5.02. The van der Waals surface area contributed by atoms with Gasteiger partial charge in [0.05, 0.1) is 18.0 Å². The van der Waals surface area contributed by atoms with Gasteiger partial charge in [-0.2, -0.15) is 4.40 Å². The summed E-state index contributed by atoms with van der Waals surface area (Å²) >= 11 is 0. The Morgan fingerprint density at radius 1 is 0.909 bits per heavy atom. The zero-order valence-corrected chi connectivity index (χ0v) is 19.8. The van der Waals surface area contributed by atoms with Crippen molar-refractivity contribution in [1.29, 1.82) is 0 Å². The molecule has 0 bridgehead atoms. The van der Waals surface area contributed by atoms with Crippen LogP contribution in [0.3, 0.4) is 0 Å². The Bertz CT molecular complexity index is 1550. The Kier molecular flexibility index (Phi) is 4.31. The van der Waals surface area contributed by atoms with E-state index in [1.54, 1.807) is 0 Å². The molecule has 2 aliphatic carbocycles. The van der Waals surface area contributed by atoms with Gasteiger partial charge < -0.3 is 0 Å². The molecule has 3 heterocycles. The Labute approximate surface area is 195 Å². The lowest BCUT2D eigenvalue weighted by Crippen LogP contribution is -2.27. The fourth-order valence-corrected chi connectivity index (χ4v) is 7.01. The van der Waals surface area contributed by atoms with Crippen LogP contribution in [0.15, 0.2) is 48.7 Å². The molecule has 33 heavy (non-hydrogen) atoms. The molecule has 0 spiro atoms. The zero-order valence-electron chi connectivity index (χ0n) is 19.8. The van der Waals surface area contributed by atoms with Gasteiger partial charge in [0.2, 0.25) is 0 Å². The number of rotatable bonds is 2. The highest BCUT2D eigenvalue weighted by atomic mass is 15.1. The molecule has 0 amide bonds. The number of hydrogen-bond acceptors (Lipinski definition) is 1. The maximum Gasteiger partial charge on any atom is 0.297 e. The second-order valence-corrected chi connectivity index (χ2v) is 10.5. The first-order chi connectivity index (χ1) is 16.2. The minimum absolute atomic E-state index is 0.653. The maximum absolute atomic E-state index is 4.95. The van der Waals surface area contributed by atoms with Crippen LogP contribution in [0.4, 0.5) is 0 Å². The standard InChI is InChI=1S/C30H32N3/c1-19-16-17-31-28-24-13-7-12-23(21-10-5-6-11-21)29(24)33-26-18-22(20-8-3-4-9-20)14-15-25(26)32(2)30(33)27(19)28/h7,12-18,20-21H,3-6,8-11H2,1-2H3/q+1. The molecule has 3 aromatic heterocycles. The quantitative estimate of drug-likeness (QED) is 0.212. The van der Waals surface area contributed by atoms with Crippen LogP contribution in [-0.2, 0) is 7.05 Å². The van der Waals surface area contributed by atoms with Crippen LogP contribution in [0.25, 0.3) is 38.5 Å². The van der Waals surface area contributed by atoms with Gasteiger partial charge in [-0.15, -0.1) is 0 Å². The van der Waals surface area contributed by atoms with Crippen molar-refractivity contribution in [2.24, 2.45) is 7.05 Å². The summed E-state index contributed by atoms with van der Waals surface area (Å²) in [6.45, 7) is 2.23. The molecule has 7 rings (SSSR count). The number of hydrogen-bond donors (Lipinski definition) is 0. The van der Waals surface area contributed by atoms with E-state index in [-0.39, 0.29) is 0 Å². The lowest BCUT2D eigenvalue weighted by atomic mass is 9.93. The predicted molar refractivity (Wildman–Crippen MR) is 136 cm³/mol. The lowest BCUT2D eigenvalue weighted by molar-refractivity contribution is -0.617. The van der Waals surface area contributed by atoms with E-state index in [1.807, 2.05) is 6.20 Å². The third-order valence-electron chi connectivity index (χ3n) is 8.68. The summed E-state index contributed by atoms with van der Waals surface area (Å²) in [6.07, 6.45) is 12.7. The molecule has 2 aromatic carbocycles. The molecule has 0 N–H and O–H groups in total. The summed E-state index contributed by atoms with van der Waals surface area (Å²) in [7, 11) is 2.24. The number of nitrogens with zero attached hydrogens (tertiary/aromatic N) is 3. The van der Waals surface area contributed by atoms with Crippen molar-refractivity contribution < 1.29 is 4.57 Å². The SMILES string of the molecule is Cc1ccnc2c3cccc(C4CCCC4)c3n3c4cc(C5CCCC5)ccc4[n+](C)c3c12. The van der Waals surface area contributed by atoms with Gasteiger partial charge in [0.15, 0.2) is 11.0 Å². The maximum atomic E-state index is 4.95. The van der Waals surface area contributed by atoms with Crippen LogP contribution >= 0.6 is 0 Å². The molecule has 3 nitrogen and oxygen atoms in total.